The number of hydrogen-bond acceptors (Lipinski definition) is 0. The first-order valence-corrected chi connectivity index (χ1v) is 4.72. The van der Waals surface area contributed by atoms with Crippen LogP contribution in [0.4, 0.5) is 0 Å². The Bertz CT molecular complexity index is 63.1. The summed E-state index contributed by atoms with van der Waals surface area (Å²) in [6, 6.07) is 0. The Hall–Kier alpha value is 0.0649. The lowest BCUT2D eigenvalue weighted by molar-refractivity contribution is 0.926. The van der Waals surface area contributed by atoms with E-state index in [9.17, 15) is 0 Å². The second-order valence-corrected chi connectivity index (χ2v) is 3.58. The molecule has 10 heavy (non-hydrogen) atoms. The zero-order valence-corrected chi connectivity index (χ0v) is 7.98. The topological polar surface area (TPSA) is 0 Å². The van der Waals surface area contributed by atoms with Crippen molar-refractivity contribution in [1.82, 2.24) is 0 Å². The molecule has 0 aromatic rings. The van der Waals surface area contributed by atoms with Crippen LogP contribution >= 0.6 is 0 Å². The van der Waals surface area contributed by atoms with E-state index < -0.39 is 0 Å². The molecule has 0 aliphatic heterocycles. The molecule has 0 fully saturated rings. The maximum Gasteiger partial charge on any atom is 0.142 e. The van der Waals surface area contributed by atoms with Gasteiger partial charge in [-0.2, -0.15) is 0 Å². The molecule has 0 nitrogen and oxygen atoms in total. The van der Waals surface area contributed by atoms with Crippen molar-refractivity contribution in [2.75, 3.05) is 0 Å². The average molecular weight is 140 g/mol. The fraction of sp³-hybridized carbons (Fsp3) is 1.00. The van der Waals surface area contributed by atoms with Crippen LogP contribution < -0.4 is 0 Å². The molecule has 0 heterocycles. The second-order valence-electron chi connectivity index (χ2n) is 3.58. The van der Waals surface area contributed by atoms with Gasteiger partial charge < -0.3 is 0 Å². The van der Waals surface area contributed by atoms with Crippen LogP contribution in [0.1, 0.15) is 40.5 Å². The van der Waals surface area contributed by atoms with Crippen LogP contribution in [-0.4, -0.2) is 6.71 Å². The maximum absolute atomic E-state index is 2.34. The molecular formula is C9H21B. The predicted molar refractivity (Wildman–Crippen MR) is 51.0 cm³/mol. The highest BCUT2D eigenvalue weighted by atomic mass is 13.9. The van der Waals surface area contributed by atoms with Gasteiger partial charge in [-0.15, -0.1) is 0 Å². The summed E-state index contributed by atoms with van der Waals surface area (Å²) >= 11 is 0. The fourth-order valence-corrected chi connectivity index (χ4v) is 1.55. The molecule has 60 valence electrons. The molecule has 0 aliphatic rings. The fourth-order valence-electron chi connectivity index (χ4n) is 1.55. The van der Waals surface area contributed by atoms with E-state index in [0.717, 1.165) is 12.5 Å². The Balaban J connectivity index is 3.50. The highest BCUT2D eigenvalue weighted by molar-refractivity contribution is 6.60. The van der Waals surface area contributed by atoms with Crippen LogP contribution in [-0.2, 0) is 0 Å². The molecule has 0 N–H and O–H groups in total. The van der Waals surface area contributed by atoms with Gasteiger partial charge in [0.2, 0.25) is 0 Å². The van der Waals surface area contributed by atoms with E-state index >= 15 is 0 Å². The smallest absolute Gasteiger partial charge is 0.0742 e. The molecule has 0 rings (SSSR count). The number of rotatable bonds is 5. The lowest BCUT2D eigenvalue weighted by Crippen LogP contribution is -2.15. The first-order chi connectivity index (χ1) is 4.72. The van der Waals surface area contributed by atoms with E-state index in [2.05, 4.69) is 27.7 Å². The largest absolute Gasteiger partial charge is 0.142 e. The van der Waals surface area contributed by atoms with E-state index in [-0.39, 0.29) is 0 Å². The van der Waals surface area contributed by atoms with Crippen molar-refractivity contribution in [2.24, 2.45) is 0 Å². The molecule has 0 spiro atoms. The SMILES string of the molecule is CCCB(CCC)C(C)C. The molecule has 0 unspecified atom stereocenters. The summed E-state index contributed by atoms with van der Waals surface area (Å²) in [5.74, 6) is 0.889. The molecule has 0 radical (unpaired) electrons. The highest BCUT2D eigenvalue weighted by Crippen LogP contribution is 2.18. The van der Waals surface area contributed by atoms with Gasteiger partial charge in [0.05, 0.1) is 0 Å². The molecule has 0 saturated heterocycles. The van der Waals surface area contributed by atoms with Gasteiger partial charge in [-0.05, 0) is 0 Å². The minimum Gasteiger partial charge on any atom is -0.0742 e. The van der Waals surface area contributed by atoms with Gasteiger partial charge in [0.25, 0.3) is 0 Å². The molecule has 0 saturated carbocycles. The van der Waals surface area contributed by atoms with Crippen molar-refractivity contribution >= 4 is 6.71 Å². The van der Waals surface area contributed by atoms with Crippen LogP contribution in [0.5, 0.6) is 0 Å². The van der Waals surface area contributed by atoms with Gasteiger partial charge in [-0.3, -0.25) is 0 Å². The lowest BCUT2D eigenvalue weighted by Gasteiger charge is -2.14. The Morgan fingerprint density at radius 3 is 1.60 bits per heavy atom. The number of hydrogen-bond donors (Lipinski definition) is 0. The molecule has 0 aliphatic carbocycles. The highest BCUT2D eigenvalue weighted by Gasteiger charge is 2.14. The molecular weight excluding hydrogens is 119 g/mol. The van der Waals surface area contributed by atoms with Gasteiger partial charge in [-0.25, -0.2) is 0 Å². The molecule has 0 atom stereocenters. The first kappa shape index (κ1) is 10.1. The van der Waals surface area contributed by atoms with Crippen LogP contribution in [0.25, 0.3) is 0 Å². The third-order valence-electron chi connectivity index (χ3n) is 2.26. The third-order valence-corrected chi connectivity index (χ3v) is 2.26. The standard InChI is InChI=1S/C9H21B/c1-5-7-10(8-6-2)9(3)4/h9H,5-8H2,1-4H3. The monoisotopic (exact) mass is 140 g/mol. The molecule has 0 aromatic heterocycles. The van der Waals surface area contributed by atoms with Crippen LogP contribution in [0.15, 0.2) is 0 Å². The van der Waals surface area contributed by atoms with Gasteiger partial charge >= 0.3 is 0 Å². The minimum absolute atomic E-state index is 0.889. The van der Waals surface area contributed by atoms with Crippen molar-refractivity contribution in [1.29, 1.82) is 0 Å². The summed E-state index contributed by atoms with van der Waals surface area (Å²) in [6.45, 7) is 10.2. The van der Waals surface area contributed by atoms with Crippen molar-refractivity contribution < 1.29 is 0 Å². The molecule has 1 heteroatoms. The quantitative estimate of drug-likeness (QED) is 0.510. The Morgan fingerprint density at radius 1 is 1.00 bits per heavy atom. The molecule has 0 bridgehead atoms. The lowest BCUT2D eigenvalue weighted by atomic mass is 9.37. The third kappa shape index (κ3) is 3.97. The second kappa shape index (κ2) is 5.82. The maximum atomic E-state index is 2.34. The van der Waals surface area contributed by atoms with E-state index in [4.69, 9.17) is 0 Å². The summed E-state index contributed by atoms with van der Waals surface area (Å²) in [6.07, 6.45) is 5.54. The van der Waals surface area contributed by atoms with E-state index in [1.807, 2.05) is 0 Å². The first-order valence-electron chi connectivity index (χ1n) is 4.72. The summed E-state index contributed by atoms with van der Waals surface area (Å²) in [4.78, 5) is 0. The summed E-state index contributed by atoms with van der Waals surface area (Å²) in [7, 11) is 0. The van der Waals surface area contributed by atoms with Crippen LogP contribution in [0.3, 0.4) is 0 Å². The van der Waals surface area contributed by atoms with Crippen LogP contribution in [0, 0.1) is 0 Å². The Morgan fingerprint density at radius 2 is 1.40 bits per heavy atom. The Labute approximate surface area is 66.5 Å². The van der Waals surface area contributed by atoms with Crippen LogP contribution in [0.2, 0.25) is 18.5 Å². The zero-order valence-electron chi connectivity index (χ0n) is 7.98. The van der Waals surface area contributed by atoms with Crippen molar-refractivity contribution in [2.45, 2.75) is 59.0 Å². The molecule has 0 aromatic carbocycles. The van der Waals surface area contributed by atoms with Gasteiger partial charge in [0.15, 0.2) is 0 Å². The van der Waals surface area contributed by atoms with Crippen molar-refractivity contribution in [3.05, 3.63) is 0 Å². The zero-order chi connectivity index (χ0) is 7.98. The average Bonchev–Trinajstić information content (AvgIpc) is 1.87. The van der Waals surface area contributed by atoms with Gasteiger partial charge in [0, 0.05) is 0 Å². The predicted octanol–water partition coefficient (Wildman–Crippen LogP) is 3.71. The minimum atomic E-state index is 0.889. The van der Waals surface area contributed by atoms with Crippen molar-refractivity contribution in [3.63, 3.8) is 0 Å². The van der Waals surface area contributed by atoms with Crippen molar-refractivity contribution in [3.8, 4) is 0 Å². The summed E-state index contributed by atoms with van der Waals surface area (Å²) in [5.41, 5.74) is 0. The van der Waals surface area contributed by atoms with Gasteiger partial charge in [0.1, 0.15) is 6.71 Å². The normalized spacial score (nSPS) is 10.5. The van der Waals surface area contributed by atoms with E-state index in [0.29, 0.717) is 0 Å². The summed E-state index contributed by atoms with van der Waals surface area (Å²) in [5, 5.41) is 0. The van der Waals surface area contributed by atoms with Gasteiger partial charge in [-0.1, -0.05) is 59.0 Å². The van der Waals surface area contributed by atoms with E-state index in [1.165, 1.54) is 25.5 Å². The molecule has 0 amide bonds. The van der Waals surface area contributed by atoms with E-state index in [1.54, 1.807) is 0 Å². The Kier molecular flexibility index (Phi) is 5.86. The summed E-state index contributed by atoms with van der Waals surface area (Å²) < 4.78 is 0.